The predicted molar refractivity (Wildman–Crippen MR) is 71.4 cm³/mol. The Bertz CT molecular complexity index is 526. The van der Waals surface area contributed by atoms with Gasteiger partial charge in [-0.2, -0.15) is 0 Å². The monoisotopic (exact) mass is 243 g/mol. The highest BCUT2D eigenvalue weighted by molar-refractivity contribution is 5.45. The molecule has 0 saturated carbocycles. The number of aromatic nitrogens is 2. The smallest absolute Gasteiger partial charge is 0.0505 e. The molecule has 2 rings (SSSR count). The molecule has 0 radical (unpaired) electrons. The number of pyridine rings is 2. The van der Waals surface area contributed by atoms with E-state index in [1.165, 1.54) is 0 Å². The first-order valence-electron chi connectivity index (χ1n) is 5.77. The summed E-state index contributed by atoms with van der Waals surface area (Å²) in [6.45, 7) is 2.01. The van der Waals surface area contributed by atoms with Crippen LogP contribution in [0.25, 0.3) is 0 Å². The number of anilines is 1. The first-order chi connectivity index (χ1) is 8.72. The summed E-state index contributed by atoms with van der Waals surface area (Å²) < 4.78 is 0. The molecule has 0 amide bonds. The summed E-state index contributed by atoms with van der Waals surface area (Å²) in [6.07, 6.45) is 7.74. The molecule has 2 heterocycles. The normalized spacial score (nSPS) is 12.3. The van der Waals surface area contributed by atoms with Gasteiger partial charge in [-0.1, -0.05) is 0 Å². The van der Waals surface area contributed by atoms with Crippen molar-refractivity contribution >= 4 is 5.69 Å². The van der Waals surface area contributed by atoms with E-state index in [0.29, 0.717) is 6.42 Å². The lowest BCUT2D eigenvalue weighted by Crippen LogP contribution is -2.30. The number of rotatable bonds is 4. The molecular weight excluding hydrogens is 226 g/mol. The van der Waals surface area contributed by atoms with Crippen molar-refractivity contribution in [2.75, 3.05) is 5.73 Å². The molecule has 2 aromatic heterocycles. The molecule has 0 bridgehead atoms. The van der Waals surface area contributed by atoms with Crippen LogP contribution in [0, 0.1) is 6.92 Å². The standard InChI is InChI=1S/C13H17N5/c1-9-7-16-4-2-11(9)13(18-15)6-10-8-17-5-3-12(10)14/h2-5,7-8,13,18H,6,15H2,1H3,(H2,14,17). The van der Waals surface area contributed by atoms with Gasteiger partial charge in [-0.05, 0) is 42.2 Å². The van der Waals surface area contributed by atoms with E-state index in [4.69, 9.17) is 11.6 Å². The number of nitrogen functional groups attached to an aromatic ring is 1. The van der Waals surface area contributed by atoms with Gasteiger partial charge in [-0.15, -0.1) is 0 Å². The summed E-state index contributed by atoms with van der Waals surface area (Å²) in [5.41, 5.74) is 12.7. The minimum Gasteiger partial charge on any atom is -0.398 e. The summed E-state index contributed by atoms with van der Waals surface area (Å²) in [5.74, 6) is 5.64. The zero-order valence-electron chi connectivity index (χ0n) is 10.3. The van der Waals surface area contributed by atoms with Crippen LogP contribution in [0.3, 0.4) is 0 Å². The largest absolute Gasteiger partial charge is 0.398 e. The summed E-state index contributed by atoms with van der Waals surface area (Å²) in [5, 5.41) is 0. The van der Waals surface area contributed by atoms with Crippen molar-refractivity contribution in [1.29, 1.82) is 0 Å². The molecule has 0 aromatic carbocycles. The molecular formula is C13H17N5. The van der Waals surface area contributed by atoms with Gasteiger partial charge in [0.2, 0.25) is 0 Å². The SMILES string of the molecule is Cc1cnccc1C(Cc1cnccc1N)NN. The zero-order valence-corrected chi connectivity index (χ0v) is 10.3. The molecule has 2 aromatic rings. The number of hydrogen-bond acceptors (Lipinski definition) is 5. The molecule has 0 aliphatic carbocycles. The topological polar surface area (TPSA) is 89.8 Å². The number of nitrogens with zero attached hydrogens (tertiary/aromatic N) is 2. The zero-order chi connectivity index (χ0) is 13.0. The quantitative estimate of drug-likeness (QED) is 0.553. The van der Waals surface area contributed by atoms with E-state index >= 15 is 0 Å². The van der Waals surface area contributed by atoms with E-state index in [1.807, 2.05) is 19.2 Å². The average Bonchev–Trinajstić information content (AvgIpc) is 2.39. The van der Waals surface area contributed by atoms with E-state index in [2.05, 4.69) is 15.4 Å². The first-order valence-corrected chi connectivity index (χ1v) is 5.77. The van der Waals surface area contributed by atoms with Crippen LogP contribution < -0.4 is 17.0 Å². The fraction of sp³-hybridized carbons (Fsp3) is 0.231. The third-order valence-corrected chi connectivity index (χ3v) is 3.01. The maximum atomic E-state index is 5.92. The second kappa shape index (κ2) is 5.57. The van der Waals surface area contributed by atoms with Crippen LogP contribution >= 0.6 is 0 Å². The predicted octanol–water partition coefficient (Wildman–Crippen LogP) is 1.11. The summed E-state index contributed by atoms with van der Waals surface area (Å²) >= 11 is 0. The molecule has 1 atom stereocenters. The Kier molecular flexibility index (Phi) is 3.86. The van der Waals surface area contributed by atoms with E-state index in [0.717, 1.165) is 22.4 Å². The maximum Gasteiger partial charge on any atom is 0.0505 e. The lowest BCUT2D eigenvalue weighted by atomic mass is 9.97. The van der Waals surface area contributed by atoms with Crippen molar-refractivity contribution in [1.82, 2.24) is 15.4 Å². The highest BCUT2D eigenvalue weighted by atomic mass is 15.2. The van der Waals surface area contributed by atoms with Crippen LogP contribution in [-0.2, 0) is 6.42 Å². The van der Waals surface area contributed by atoms with E-state index < -0.39 is 0 Å². The Hall–Kier alpha value is -1.98. The van der Waals surface area contributed by atoms with Crippen molar-refractivity contribution in [2.45, 2.75) is 19.4 Å². The number of nitrogens with two attached hydrogens (primary N) is 2. The maximum absolute atomic E-state index is 5.92. The molecule has 5 heteroatoms. The highest BCUT2D eigenvalue weighted by Gasteiger charge is 2.14. The number of hydrazine groups is 1. The van der Waals surface area contributed by atoms with E-state index in [9.17, 15) is 0 Å². The van der Waals surface area contributed by atoms with Gasteiger partial charge in [0.1, 0.15) is 0 Å². The average molecular weight is 243 g/mol. The van der Waals surface area contributed by atoms with Gasteiger partial charge in [0.05, 0.1) is 6.04 Å². The number of nitrogens with one attached hydrogen (secondary N) is 1. The molecule has 0 aliphatic rings. The van der Waals surface area contributed by atoms with Gasteiger partial charge in [0.25, 0.3) is 0 Å². The third kappa shape index (κ3) is 2.64. The van der Waals surface area contributed by atoms with Gasteiger partial charge >= 0.3 is 0 Å². The molecule has 5 N–H and O–H groups in total. The molecule has 1 unspecified atom stereocenters. The molecule has 18 heavy (non-hydrogen) atoms. The van der Waals surface area contributed by atoms with Crippen LogP contribution in [0.2, 0.25) is 0 Å². The highest BCUT2D eigenvalue weighted by Crippen LogP contribution is 2.22. The number of hydrogen-bond donors (Lipinski definition) is 3. The Morgan fingerprint density at radius 2 is 1.94 bits per heavy atom. The molecule has 0 saturated heterocycles. The van der Waals surface area contributed by atoms with Crippen molar-refractivity contribution in [3.05, 3.63) is 53.6 Å². The fourth-order valence-corrected chi connectivity index (χ4v) is 1.96. The molecule has 0 aliphatic heterocycles. The number of aryl methyl sites for hydroxylation is 1. The van der Waals surface area contributed by atoms with Crippen LogP contribution in [0.15, 0.2) is 36.9 Å². The van der Waals surface area contributed by atoms with Crippen LogP contribution in [0.4, 0.5) is 5.69 Å². The Balaban J connectivity index is 2.26. The van der Waals surface area contributed by atoms with Crippen molar-refractivity contribution in [3.8, 4) is 0 Å². The molecule has 5 nitrogen and oxygen atoms in total. The Morgan fingerprint density at radius 3 is 2.61 bits per heavy atom. The second-order valence-electron chi connectivity index (χ2n) is 4.23. The van der Waals surface area contributed by atoms with Crippen LogP contribution in [-0.4, -0.2) is 9.97 Å². The second-order valence-corrected chi connectivity index (χ2v) is 4.23. The van der Waals surface area contributed by atoms with Crippen LogP contribution in [0.1, 0.15) is 22.7 Å². The molecule has 0 spiro atoms. The van der Waals surface area contributed by atoms with Crippen LogP contribution in [0.5, 0.6) is 0 Å². The van der Waals surface area contributed by atoms with E-state index in [-0.39, 0.29) is 6.04 Å². The van der Waals surface area contributed by atoms with Crippen molar-refractivity contribution in [2.24, 2.45) is 5.84 Å². The summed E-state index contributed by atoms with van der Waals surface area (Å²) in [4.78, 5) is 8.17. The minimum absolute atomic E-state index is 0.000463. The minimum atomic E-state index is -0.000463. The molecule has 94 valence electrons. The Morgan fingerprint density at radius 1 is 1.22 bits per heavy atom. The lowest BCUT2D eigenvalue weighted by Gasteiger charge is -2.18. The lowest BCUT2D eigenvalue weighted by molar-refractivity contribution is 0.548. The van der Waals surface area contributed by atoms with Gasteiger partial charge in [-0.25, -0.2) is 0 Å². The van der Waals surface area contributed by atoms with Crippen molar-refractivity contribution < 1.29 is 0 Å². The van der Waals surface area contributed by atoms with E-state index in [1.54, 1.807) is 24.7 Å². The summed E-state index contributed by atoms with van der Waals surface area (Å²) in [6, 6.07) is 3.76. The third-order valence-electron chi connectivity index (χ3n) is 3.01. The van der Waals surface area contributed by atoms with Gasteiger partial charge in [-0.3, -0.25) is 21.2 Å². The Labute approximate surface area is 106 Å². The summed E-state index contributed by atoms with van der Waals surface area (Å²) in [7, 11) is 0. The van der Waals surface area contributed by atoms with Gasteiger partial charge in [0, 0.05) is 30.5 Å². The van der Waals surface area contributed by atoms with Gasteiger partial charge < -0.3 is 5.73 Å². The fourth-order valence-electron chi connectivity index (χ4n) is 1.96. The van der Waals surface area contributed by atoms with Gasteiger partial charge in [0.15, 0.2) is 0 Å². The molecule has 0 fully saturated rings. The van der Waals surface area contributed by atoms with Crippen molar-refractivity contribution in [3.63, 3.8) is 0 Å². The first kappa shape index (κ1) is 12.5.